The van der Waals surface area contributed by atoms with Crippen LogP contribution < -0.4 is 5.32 Å². The molecule has 3 rings (SSSR count). The van der Waals surface area contributed by atoms with Crippen molar-refractivity contribution in [2.24, 2.45) is 5.92 Å². The summed E-state index contributed by atoms with van der Waals surface area (Å²) in [5.41, 5.74) is 2.38. The molecule has 1 aliphatic rings. The Hall–Kier alpha value is -3.22. The molecule has 7 heteroatoms. The van der Waals surface area contributed by atoms with Crippen molar-refractivity contribution >= 4 is 23.2 Å². The zero-order valence-corrected chi connectivity index (χ0v) is 16.6. The van der Waals surface area contributed by atoms with Crippen LogP contribution in [0.4, 0.5) is 11.4 Å². The van der Waals surface area contributed by atoms with E-state index in [1.54, 1.807) is 4.90 Å². The number of amides is 2. The first-order chi connectivity index (χ1) is 13.8. The number of hydrogen-bond acceptors (Lipinski definition) is 4. The van der Waals surface area contributed by atoms with E-state index >= 15 is 0 Å². The normalized spacial score (nSPS) is 14.7. The van der Waals surface area contributed by atoms with Crippen LogP contribution in [-0.4, -0.2) is 34.7 Å². The lowest BCUT2D eigenvalue weighted by molar-refractivity contribution is -0.384. The van der Waals surface area contributed by atoms with Gasteiger partial charge in [0.25, 0.3) is 11.6 Å². The number of nitrogens with one attached hydrogen (secondary N) is 1. The van der Waals surface area contributed by atoms with E-state index in [0.717, 1.165) is 5.69 Å². The van der Waals surface area contributed by atoms with Crippen molar-refractivity contribution in [3.05, 3.63) is 69.8 Å². The van der Waals surface area contributed by atoms with Crippen LogP contribution in [0.15, 0.2) is 48.5 Å². The number of nitro groups is 1. The van der Waals surface area contributed by atoms with E-state index in [9.17, 15) is 19.7 Å². The van der Waals surface area contributed by atoms with Crippen LogP contribution in [-0.2, 0) is 4.79 Å². The number of nitro benzene ring substituents is 1. The van der Waals surface area contributed by atoms with Crippen molar-refractivity contribution < 1.29 is 14.5 Å². The van der Waals surface area contributed by atoms with E-state index in [4.69, 9.17) is 0 Å². The van der Waals surface area contributed by atoms with Gasteiger partial charge in [-0.1, -0.05) is 26.0 Å². The van der Waals surface area contributed by atoms with Crippen LogP contribution in [0.1, 0.15) is 48.5 Å². The zero-order chi connectivity index (χ0) is 21.0. The number of carbonyl (C=O) groups excluding carboxylic acids is 2. The quantitative estimate of drug-likeness (QED) is 0.606. The number of nitrogens with zero attached hydrogens (tertiary/aromatic N) is 2. The smallest absolute Gasteiger partial charge is 0.269 e. The van der Waals surface area contributed by atoms with E-state index in [2.05, 4.69) is 19.2 Å². The lowest BCUT2D eigenvalue weighted by atomic mass is 9.95. The molecule has 1 N–H and O–H groups in total. The summed E-state index contributed by atoms with van der Waals surface area (Å²) in [5.74, 6) is 0.116. The van der Waals surface area contributed by atoms with Gasteiger partial charge < -0.3 is 10.2 Å². The summed E-state index contributed by atoms with van der Waals surface area (Å²) in [6, 6.07) is 13.5. The number of piperidine rings is 1. The van der Waals surface area contributed by atoms with Crippen LogP contribution in [0.5, 0.6) is 0 Å². The minimum absolute atomic E-state index is 0.0234. The molecule has 0 radical (unpaired) electrons. The lowest BCUT2D eigenvalue weighted by Crippen LogP contribution is -2.41. The highest BCUT2D eigenvalue weighted by molar-refractivity contribution is 5.95. The van der Waals surface area contributed by atoms with E-state index < -0.39 is 4.92 Å². The second-order valence-electron chi connectivity index (χ2n) is 7.64. The molecule has 2 aromatic rings. The maximum absolute atomic E-state index is 12.6. The fraction of sp³-hybridized carbons (Fsp3) is 0.364. The van der Waals surface area contributed by atoms with Gasteiger partial charge in [0.1, 0.15) is 0 Å². The van der Waals surface area contributed by atoms with E-state index in [0.29, 0.717) is 37.4 Å². The van der Waals surface area contributed by atoms with E-state index in [1.807, 2.05) is 24.3 Å². The number of anilines is 1. The van der Waals surface area contributed by atoms with Gasteiger partial charge in [-0.15, -0.1) is 0 Å². The van der Waals surface area contributed by atoms with E-state index in [-0.39, 0.29) is 23.4 Å². The van der Waals surface area contributed by atoms with Crippen molar-refractivity contribution in [3.63, 3.8) is 0 Å². The predicted octanol–water partition coefficient (Wildman–Crippen LogP) is 4.21. The molecule has 0 saturated carbocycles. The average molecular weight is 395 g/mol. The Morgan fingerprint density at radius 2 is 1.62 bits per heavy atom. The van der Waals surface area contributed by atoms with Crippen LogP contribution in [0.25, 0.3) is 0 Å². The lowest BCUT2D eigenvalue weighted by Gasteiger charge is -2.31. The number of non-ortho nitro benzene ring substituents is 1. The van der Waals surface area contributed by atoms with Gasteiger partial charge in [-0.2, -0.15) is 0 Å². The minimum Gasteiger partial charge on any atom is -0.339 e. The van der Waals surface area contributed by atoms with Crippen LogP contribution in [0, 0.1) is 16.0 Å². The van der Waals surface area contributed by atoms with Crippen molar-refractivity contribution in [1.29, 1.82) is 0 Å². The van der Waals surface area contributed by atoms with Crippen LogP contribution in [0.3, 0.4) is 0 Å². The number of rotatable bonds is 5. The largest absolute Gasteiger partial charge is 0.339 e. The Bertz CT molecular complexity index is 883. The molecule has 152 valence electrons. The maximum Gasteiger partial charge on any atom is 0.269 e. The zero-order valence-electron chi connectivity index (χ0n) is 16.6. The predicted molar refractivity (Wildman–Crippen MR) is 111 cm³/mol. The third-order valence-corrected chi connectivity index (χ3v) is 5.32. The molecule has 2 amide bonds. The number of likely N-dealkylation sites (tertiary alicyclic amines) is 1. The van der Waals surface area contributed by atoms with Crippen molar-refractivity contribution in [3.8, 4) is 0 Å². The molecule has 0 aromatic heterocycles. The molecule has 7 nitrogen and oxygen atoms in total. The third-order valence-electron chi connectivity index (χ3n) is 5.32. The van der Waals surface area contributed by atoms with Crippen LogP contribution in [0.2, 0.25) is 0 Å². The number of hydrogen-bond donors (Lipinski definition) is 1. The molecule has 0 unspecified atom stereocenters. The molecule has 0 aliphatic carbocycles. The second-order valence-corrected chi connectivity index (χ2v) is 7.64. The molecule has 1 fully saturated rings. The molecular weight excluding hydrogens is 370 g/mol. The highest BCUT2D eigenvalue weighted by atomic mass is 16.6. The summed E-state index contributed by atoms with van der Waals surface area (Å²) in [7, 11) is 0. The van der Waals surface area contributed by atoms with Gasteiger partial charge in [0.15, 0.2) is 0 Å². The van der Waals surface area contributed by atoms with Gasteiger partial charge >= 0.3 is 0 Å². The van der Waals surface area contributed by atoms with Crippen LogP contribution >= 0.6 is 0 Å². The molecular formula is C22H25N3O4. The molecule has 0 bridgehead atoms. The molecule has 2 aromatic carbocycles. The molecule has 1 heterocycles. The van der Waals surface area contributed by atoms with Gasteiger partial charge in [0, 0.05) is 42.4 Å². The standard InChI is InChI=1S/C22H25N3O4/c1-15(2)16-3-7-19(8-4-16)23-21(26)17-11-13-24(14-12-17)22(27)18-5-9-20(10-6-18)25(28)29/h3-10,15,17H,11-14H2,1-2H3,(H,23,26). The van der Waals surface area contributed by atoms with Crippen molar-refractivity contribution in [2.75, 3.05) is 18.4 Å². The van der Waals surface area contributed by atoms with Crippen molar-refractivity contribution in [2.45, 2.75) is 32.6 Å². The summed E-state index contributed by atoms with van der Waals surface area (Å²) < 4.78 is 0. The summed E-state index contributed by atoms with van der Waals surface area (Å²) in [6.07, 6.45) is 1.18. The van der Waals surface area contributed by atoms with Gasteiger partial charge in [-0.05, 0) is 48.6 Å². The van der Waals surface area contributed by atoms with E-state index in [1.165, 1.54) is 29.8 Å². The number of benzene rings is 2. The maximum atomic E-state index is 12.6. The van der Waals surface area contributed by atoms with Gasteiger partial charge in [0.2, 0.25) is 5.91 Å². The molecule has 1 saturated heterocycles. The average Bonchev–Trinajstić information content (AvgIpc) is 2.73. The Morgan fingerprint density at radius 1 is 1.03 bits per heavy atom. The monoisotopic (exact) mass is 395 g/mol. The first-order valence-electron chi connectivity index (χ1n) is 9.79. The Balaban J connectivity index is 1.53. The highest BCUT2D eigenvalue weighted by Crippen LogP contribution is 2.23. The van der Waals surface area contributed by atoms with Crippen molar-refractivity contribution in [1.82, 2.24) is 4.90 Å². The fourth-order valence-corrected chi connectivity index (χ4v) is 3.45. The minimum atomic E-state index is -0.491. The Kier molecular flexibility index (Phi) is 6.26. The second kappa shape index (κ2) is 8.86. The summed E-state index contributed by atoms with van der Waals surface area (Å²) in [5, 5.41) is 13.7. The highest BCUT2D eigenvalue weighted by Gasteiger charge is 2.28. The van der Waals surface area contributed by atoms with Gasteiger partial charge in [-0.25, -0.2) is 0 Å². The summed E-state index contributed by atoms with van der Waals surface area (Å²) >= 11 is 0. The van der Waals surface area contributed by atoms with Gasteiger partial charge in [0.05, 0.1) is 4.92 Å². The molecule has 0 atom stereocenters. The first-order valence-corrected chi connectivity index (χ1v) is 9.79. The summed E-state index contributed by atoms with van der Waals surface area (Å²) in [4.78, 5) is 37.1. The topological polar surface area (TPSA) is 92.6 Å². The fourth-order valence-electron chi connectivity index (χ4n) is 3.45. The van der Waals surface area contributed by atoms with Gasteiger partial charge in [-0.3, -0.25) is 19.7 Å². The first kappa shape index (κ1) is 20.5. The third kappa shape index (κ3) is 4.99. The number of carbonyl (C=O) groups is 2. The SMILES string of the molecule is CC(C)c1ccc(NC(=O)C2CCN(C(=O)c3ccc([N+](=O)[O-])cc3)CC2)cc1. The summed E-state index contributed by atoms with van der Waals surface area (Å²) in [6.45, 7) is 5.22. The molecule has 29 heavy (non-hydrogen) atoms. The molecule has 1 aliphatic heterocycles. The Labute approximate surface area is 169 Å². The molecule has 0 spiro atoms. The Morgan fingerprint density at radius 3 is 2.14 bits per heavy atom.